The van der Waals surface area contributed by atoms with Gasteiger partial charge < -0.3 is 30.1 Å². The normalized spacial score (nSPS) is 17.7. The molecule has 0 saturated heterocycles. The van der Waals surface area contributed by atoms with E-state index in [1.165, 1.54) is 0 Å². The Labute approximate surface area is 228 Å². The molecule has 0 saturated carbocycles. The third-order valence-corrected chi connectivity index (χ3v) is 6.86. The number of carbonyl (C=O) groups is 2. The van der Waals surface area contributed by atoms with Crippen LogP contribution in [0.3, 0.4) is 0 Å². The van der Waals surface area contributed by atoms with E-state index >= 15 is 0 Å². The number of amides is 2. The van der Waals surface area contributed by atoms with Crippen LogP contribution in [0.2, 0.25) is 0 Å². The SMILES string of the molecule is CC(C)C[C@H](NC(=O)C1(Cc2ccccc2)CC(CNC(=O)c2ccnc3c2ccn3C(C)C)=NO1)B(O)O. The van der Waals surface area contributed by atoms with Gasteiger partial charge in [-0.15, -0.1) is 0 Å². The lowest BCUT2D eigenvalue weighted by Crippen LogP contribution is -2.56. The van der Waals surface area contributed by atoms with Gasteiger partial charge in [0.05, 0.1) is 23.8 Å². The summed E-state index contributed by atoms with van der Waals surface area (Å²) in [6, 6.07) is 13.2. The zero-order valence-corrected chi connectivity index (χ0v) is 22.8. The first-order valence-electron chi connectivity index (χ1n) is 13.3. The molecule has 1 aromatic carbocycles. The van der Waals surface area contributed by atoms with Crippen molar-refractivity contribution in [1.82, 2.24) is 20.2 Å². The molecule has 0 aliphatic carbocycles. The molecule has 10 nitrogen and oxygen atoms in total. The largest absolute Gasteiger partial charge is 0.475 e. The lowest BCUT2D eigenvalue weighted by atomic mass is 9.74. The van der Waals surface area contributed by atoms with Crippen LogP contribution < -0.4 is 10.6 Å². The van der Waals surface area contributed by atoms with Crippen LogP contribution in [0.25, 0.3) is 11.0 Å². The van der Waals surface area contributed by atoms with Crippen molar-refractivity contribution in [2.45, 2.75) is 64.5 Å². The standard InChI is InChI=1S/C28H36BN5O5/c1-18(2)14-24(29(37)38)32-27(36)28(15-20-8-6-5-7-9-20)16-21(33-39-28)17-31-26(35)23-10-12-30-25-22(23)11-13-34(25)19(3)4/h5-13,18-19,24,37-38H,14-17H2,1-4H3,(H,31,35)(H,32,36)/t24-,28?/m0/s1. The zero-order valence-electron chi connectivity index (χ0n) is 22.8. The van der Waals surface area contributed by atoms with Crippen molar-refractivity contribution in [3.8, 4) is 0 Å². The van der Waals surface area contributed by atoms with Crippen molar-refractivity contribution < 1.29 is 24.5 Å². The van der Waals surface area contributed by atoms with E-state index in [9.17, 15) is 19.6 Å². The lowest BCUT2D eigenvalue weighted by Gasteiger charge is -2.29. The molecule has 11 heteroatoms. The maximum absolute atomic E-state index is 13.5. The van der Waals surface area contributed by atoms with Crippen molar-refractivity contribution in [1.29, 1.82) is 0 Å². The van der Waals surface area contributed by atoms with E-state index in [4.69, 9.17) is 4.84 Å². The summed E-state index contributed by atoms with van der Waals surface area (Å²) in [6.45, 7) is 8.07. The summed E-state index contributed by atoms with van der Waals surface area (Å²) in [5.41, 5.74) is 1.22. The van der Waals surface area contributed by atoms with Gasteiger partial charge in [0.15, 0.2) is 0 Å². The van der Waals surface area contributed by atoms with Crippen LogP contribution in [-0.4, -0.2) is 62.3 Å². The van der Waals surface area contributed by atoms with Gasteiger partial charge in [-0.2, -0.15) is 0 Å². The highest BCUT2D eigenvalue weighted by atomic mass is 16.7. The van der Waals surface area contributed by atoms with E-state index in [-0.39, 0.29) is 37.3 Å². The fraction of sp³-hybridized carbons (Fsp3) is 0.429. The highest BCUT2D eigenvalue weighted by Crippen LogP contribution is 2.29. The molecule has 3 heterocycles. The van der Waals surface area contributed by atoms with Gasteiger partial charge >= 0.3 is 7.12 Å². The molecule has 1 aliphatic heterocycles. The maximum Gasteiger partial charge on any atom is 0.475 e. The van der Waals surface area contributed by atoms with Crippen LogP contribution in [-0.2, 0) is 16.1 Å². The first-order chi connectivity index (χ1) is 18.6. The second-order valence-corrected chi connectivity index (χ2v) is 10.8. The molecular weight excluding hydrogens is 497 g/mol. The highest BCUT2D eigenvalue weighted by molar-refractivity contribution is 6.43. The van der Waals surface area contributed by atoms with Crippen molar-refractivity contribution in [3.63, 3.8) is 0 Å². The molecule has 2 aromatic heterocycles. The molecule has 206 valence electrons. The molecule has 39 heavy (non-hydrogen) atoms. The quantitative estimate of drug-likeness (QED) is 0.280. The Kier molecular flexibility index (Phi) is 8.71. The van der Waals surface area contributed by atoms with Crippen LogP contribution in [0.4, 0.5) is 0 Å². The number of carbonyl (C=O) groups excluding carboxylic acids is 2. The minimum atomic E-state index is -1.71. The highest BCUT2D eigenvalue weighted by Gasteiger charge is 2.48. The van der Waals surface area contributed by atoms with Crippen LogP contribution in [0.15, 0.2) is 60.0 Å². The maximum atomic E-state index is 13.5. The number of hydrogen-bond acceptors (Lipinski definition) is 7. The first kappa shape index (κ1) is 28.3. The van der Waals surface area contributed by atoms with Crippen LogP contribution in [0.1, 0.15) is 62.5 Å². The van der Waals surface area contributed by atoms with Crippen LogP contribution in [0, 0.1) is 5.92 Å². The second kappa shape index (κ2) is 12.0. The van der Waals surface area contributed by atoms with Gasteiger partial charge in [-0.3, -0.25) is 9.59 Å². The first-order valence-corrected chi connectivity index (χ1v) is 13.3. The molecule has 2 amide bonds. The predicted molar refractivity (Wildman–Crippen MR) is 150 cm³/mol. The van der Waals surface area contributed by atoms with Gasteiger partial charge in [-0.1, -0.05) is 49.3 Å². The van der Waals surface area contributed by atoms with E-state index in [1.807, 2.05) is 61.0 Å². The Hall–Kier alpha value is -3.70. The average molecular weight is 533 g/mol. The molecule has 0 spiro atoms. The van der Waals surface area contributed by atoms with Crippen molar-refractivity contribution in [3.05, 3.63) is 66.0 Å². The van der Waals surface area contributed by atoms with Gasteiger partial charge in [-0.25, -0.2) is 4.98 Å². The molecule has 0 fully saturated rings. The minimum Gasteiger partial charge on any atom is -0.426 e. The molecule has 3 aromatic rings. The van der Waals surface area contributed by atoms with E-state index in [2.05, 4.69) is 34.6 Å². The number of nitrogens with zero attached hydrogens (tertiary/aromatic N) is 3. The number of benzene rings is 1. The van der Waals surface area contributed by atoms with E-state index in [0.29, 0.717) is 17.7 Å². The summed E-state index contributed by atoms with van der Waals surface area (Å²) in [7, 11) is -1.71. The Morgan fingerprint density at radius 1 is 1.13 bits per heavy atom. The van der Waals surface area contributed by atoms with Gasteiger partial charge in [0, 0.05) is 36.7 Å². The van der Waals surface area contributed by atoms with Crippen molar-refractivity contribution in [2.24, 2.45) is 11.1 Å². The molecule has 4 rings (SSSR count). The summed E-state index contributed by atoms with van der Waals surface area (Å²) in [5.74, 6) is -1.49. The topological polar surface area (TPSA) is 138 Å². The summed E-state index contributed by atoms with van der Waals surface area (Å²) >= 11 is 0. The molecule has 1 aliphatic rings. The Morgan fingerprint density at radius 3 is 2.54 bits per heavy atom. The summed E-state index contributed by atoms with van der Waals surface area (Å²) in [4.78, 5) is 36.9. The zero-order chi connectivity index (χ0) is 28.2. The number of nitrogens with one attached hydrogen (secondary N) is 2. The molecular formula is C28H36BN5O5. The Balaban J connectivity index is 1.49. The molecule has 4 N–H and O–H groups in total. The lowest BCUT2D eigenvalue weighted by molar-refractivity contribution is -0.144. The molecule has 0 radical (unpaired) electrons. The predicted octanol–water partition coefficient (Wildman–Crippen LogP) is 2.65. The Morgan fingerprint density at radius 2 is 1.87 bits per heavy atom. The fourth-order valence-electron chi connectivity index (χ4n) is 4.88. The smallest absolute Gasteiger partial charge is 0.426 e. The second-order valence-electron chi connectivity index (χ2n) is 10.8. The average Bonchev–Trinajstić information content (AvgIpc) is 3.52. The number of hydrogen-bond donors (Lipinski definition) is 4. The van der Waals surface area contributed by atoms with Gasteiger partial charge in [0.25, 0.3) is 11.8 Å². The summed E-state index contributed by atoms with van der Waals surface area (Å²) in [6.07, 6.45) is 4.28. The fourth-order valence-corrected chi connectivity index (χ4v) is 4.88. The number of fused-ring (bicyclic) bond motifs is 1. The number of oxime groups is 1. The van der Waals surface area contributed by atoms with Gasteiger partial charge in [0.2, 0.25) is 5.60 Å². The third kappa shape index (κ3) is 6.48. The number of pyridine rings is 1. The number of aromatic nitrogens is 2. The third-order valence-electron chi connectivity index (χ3n) is 6.86. The van der Waals surface area contributed by atoms with E-state index < -0.39 is 24.6 Å². The van der Waals surface area contributed by atoms with Crippen LogP contribution in [0.5, 0.6) is 0 Å². The Bertz CT molecular complexity index is 1340. The summed E-state index contributed by atoms with van der Waals surface area (Å²) < 4.78 is 2.01. The van der Waals surface area contributed by atoms with Gasteiger partial charge in [0.1, 0.15) is 5.65 Å². The summed E-state index contributed by atoms with van der Waals surface area (Å²) in [5, 5.41) is 30.3. The van der Waals surface area contributed by atoms with E-state index in [1.54, 1.807) is 12.3 Å². The molecule has 2 atom stereocenters. The van der Waals surface area contributed by atoms with E-state index in [0.717, 1.165) is 16.6 Å². The minimum absolute atomic E-state index is 0.0927. The molecule has 1 unspecified atom stereocenters. The monoisotopic (exact) mass is 533 g/mol. The van der Waals surface area contributed by atoms with Crippen LogP contribution >= 0.6 is 0 Å². The number of rotatable bonds is 11. The van der Waals surface area contributed by atoms with Crippen molar-refractivity contribution in [2.75, 3.05) is 6.54 Å². The molecule has 0 bridgehead atoms. The van der Waals surface area contributed by atoms with Crippen molar-refractivity contribution >= 4 is 35.7 Å². The van der Waals surface area contributed by atoms with Gasteiger partial charge in [-0.05, 0) is 43.9 Å².